The highest BCUT2D eigenvalue weighted by molar-refractivity contribution is 5.92. The number of carbonyl (C=O) groups is 2. The summed E-state index contributed by atoms with van der Waals surface area (Å²) < 4.78 is 1.80. The fourth-order valence-corrected chi connectivity index (χ4v) is 4.81. The number of fused-ring (bicyclic) bond motifs is 1. The first kappa shape index (κ1) is 25.6. The van der Waals surface area contributed by atoms with E-state index in [1.165, 1.54) is 5.56 Å². The molecule has 0 aliphatic carbocycles. The molecule has 2 heterocycles. The highest BCUT2D eigenvalue weighted by Gasteiger charge is 2.22. The van der Waals surface area contributed by atoms with Gasteiger partial charge < -0.3 is 9.80 Å². The standard InChI is InChI=1S/C28H36N6O2/c1-22-29-23(2)34(30-22)17-14-28(36)32-19-18-31(20-25-10-5-4-6-11-25)15-9-16-33(24(3)35)27-13-8-7-12-26(27)21-32/h4-8,10-13H,9,14-21H2,1-3H3. The van der Waals surface area contributed by atoms with E-state index in [0.717, 1.165) is 43.1 Å². The molecule has 8 nitrogen and oxygen atoms in total. The van der Waals surface area contributed by atoms with Crippen molar-refractivity contribution in [2.24, 2.45) is 0 Å². The first-order chi connectivity index (χ1) is 17.4. The lowest BCUT2D eigenvalue weighted by Crippen LogP contribution is -2.39. The van der Waals surface area contributed by atoms with Gasteiger partial charge in [0.15, 0.2) is 0 Å². The molecule has 0 bridgehead atoms. The van der Waals surface area contributed by atoms with Crippen LogP contribution in [0.4, 0.5) is 5.69 Å². The second kappa shape index (κ2) is 11.9. The van der Waals surface area contributed by atoms with Crippen molar-refractivity contribution in [3.63, 3.8) is 0 Å². The number of hydrogen-bond acceptors (Lipinski definition) is 5. The van der Waals surface area contributed by atoms with Crippen molar-refractivity contribution in [1.29, 1.82) is 0 Å². The second-order valence-corrected chi connectivity index (χ2v) is 9.41. The maximum Gasteiger partial charge on any atom is 0.224 e. The molecule has 190 valence electrons. The summed E-state index contributed by atoms with van der Waals surface area (Å²) in [6, 6.07) is 18.3. The topological polar surface area (TPSA) is 74.6 Å². The van der Waals surface area contributed by atoms with E-state index >= 15 is 0 Å². The third-order valence-electron chi connectivity index (χ3n) is 6.67. The van der Waals surface area contributed by atoms with E-state index < -0.39 is 0 Å². The first-order valence-corrected chi connectivity index (χ1v) is 12.7. The lowest BCUT2D eigenvalue weighted by Gasteiger charge is -2.28. The van der Waals surface area contributed by atoms with Gasteiger partial charge in [-0.2, -0.15) is 5.10 Å². The van der Waals surface area contributed by atoms with E-state index in [1.807, 2.05) is 54.0 Å². The predicted octanol–water partition coefficient (Wildman–Crippen LogP) is 3.57. The van der Waals surface area contributed by atoms with Gasteiger partial charge in [0.1, 0.15) is 11.6 Å². The van der Waals surface area contributed by atoms with Gasteiger partial charge in [0.2, 0.25) is 11.8 Å². The van der Waals surface area contributed by atoms with E-state index in [2.05, 4.69) is 39.2 Å². The Hall–Kier alpha value is -3.52. The van der Waals surface area contributed by atoms with E-state index in [1.54, 1.807) is 11.6 Å². The molecule has 4 rings (SSSR count). The monoisotopic (exact) mass is 488 g/mol. The zero-order valence-electron chi connectivity index (χ0n) is 21.6. The molecule has 1 aromatic heterocycles. The average Bonchev–Trinajstić information content (AvgIpc) is 3.18. The molecule has 0 radical (unpaired) electrons. The molecule has 1 aliphatic heterocycles. The molecule has 0 atom stereocenters. The van der Waals surface area contributed by atoms with Gasteiger partial charge in [0.25, 0.3) is 0 Å². The number of benzene rings is 2. The molecule has 2 aromatic carbocycles. The summed E-state index contributed by atoms with van der Waals surface area (Å²) >= 11 is 0. The van der Waals surface area contributed by atoms with Gasteiger partial charge in [0.05, 0.1) is 6.54 Å². The van der Waals surface area contributed by atoms with Gasteiger partial charge in [-0.15, -0.1) is 0 Å². The van der Waals surface area contributed by atoms with Crippen molar-refractivity contribution >= 4 is 17.5 Å². The summed E-state index contributed by atoms with van der Waals surface area (Å²) in [5, 5.41) is 4.41. The van der Waals surface area contributed by atoms with Crippen molar-refractivity contribution in [2.75, 3.05) is 31.1 Å². The number of nitrogens with zero attached hydrogens (tertiary/aromatic N) is 6. The fourth-order valence-electron chi connectivity index (χ4n) is 4.81. The van der Waals surface area contributed by atoms with Gasteiger partial charge >= 0.3 is 0 Å². The minimum atomic E-state index is 0.0196. The second-order valence-electron chi connectivity index (χ2n) is 9.41. The number of hydrogen-bond donors (Lipinski definition) is 0. The van der Waals surface area contributed by atoms with Gasteiger partial charge in [-0.25, -0.2) is 9.67 Å². The molecule has 36 heavy (non-hydrogen) atoms. The summed E-state index contributed by atoms with van der Waals surface area (Å²) in [5.41, 5.74) is 3.13. The normalized spacial score (nSPS) is 15.3. The average molecular weight is 489 g/mol. The van der Waals surface area contributed by atoms with Crippen molar-refractivity contribution in [2.45, 2.75) is 53.2 Å². The Balaban J connectivity index is 1.57. The van der Waals surface area contributed by atoms with Crippen LogP contribution in [0.5, 0.6) is 0 Å². The molecular weight excluding hydrogens is 452 g/mol. The Morgan fingerprint density at radius 3 is 2.39 bits per heavy atom. The Bertz CT molecular complexity index is 1180. The summed E-state index contributed by atoms with van der Waals surface area (Å²) in [7, 11) is 0. The fraction of sp³-hybridized carbons (Fsp3) is 0.429. The maximum atomic E-state index is 13.5. The first-order valence-electron chi connectivity index (χ1n) is 12.7. The van der Waals surface area contributed by atoms with Crippen LogP contribution in [0, 0.1) is 13.8 Å². The third-order valence-corrected chi connectivity index (χ3v) is 6.67. The third kappa shape index (κ3) is 6.57. The summed E-state index contributed by atoms with van der Waals surface area (Å²) in [6.45, 7) is 10.0. The van der Waals surface area contributed by atoms with Gasteiger partial charge in [-0.1, -0.05) is 48.5 Å². The van der Waals surface area contributed by atoms with E-state index in [4.69, 9.17) is 0 Å². The number of para-hydroxylation sites is 1. The lowest BCUT2D eigenvalue weighted by atomic mass is 10.1. The van der Waals surface area contributed by atoms with E-state index in [0.29, 0.717) is 38.4 Å². The summed E-state index contributed by atoms with van der Waals surface area (Å²) in [5.74, 6) is 1.62. The van der Waals surface area contributed by atoms with Crippen LogP contribution in [0.1, 0.15) is 42.5 Å². The minimum Gasteiger partial charge on any atom is -0.337 e. The number of anilines is 1. The molecule has 8 heteroatoms. The van der Waals surface area contributed by atoms with Crippen molar-refractivity contribution in [3.8, 4) is 0 Å². The van der Waals surface area contributed by atoms with Crippen LogP contribution in [-0.2, 0) is 29.2 Å². The van der Waals surface area contributed by atoms with E-state index in [9.17, 15) is 9.59 Å². The van der Waals surface area contributed by atoms with Crippen LogP contribution >= 0.6 is 0 Å². The molecule has 0 saturated carbocycles. The van der Waals surface area contributed by atoms with Crippen LogP contribution < -0.4 is 4.90 Å². The molecule has 0 N–H and O–H groups in total. The number of aromatic nitrogens is 3. The largest absolute Gasteiger partial charge is 0.337 e. The molecule has 0 saturated heterocycles. The van der Waals surface area contributed by atoms with Crippen LogP contribution in [0.2, 0.25) is 0 Å². The summed E-state index contributed by atoms with van der Waals surface area (Å²) in [6.07, 6.45) is 1.21. The number of rotatable bonds is 5. The van der Waals surface area contributed by atoms with Crippen molar-refractivity contribution in [1.82, 2.24) is 24.6 Å². The van der Waals surface area contributed by atoms with E-state index in [-0.39, 0.29) is 11.8 Å². The van der Waals surface area contributed by atoms with Gasteiger partial charge in [-0.3, -0.25) is 14.5 Å². The number of aryl methyl sites for hydroxylation is 3. The van der Waals surface area contributed by atoms with Crippen LogP contribution in [-0.4, -0.2) is 62.6 Å². The van der Waals surface area contributed by atoms with Gasteiger partial charge in [-0.05, 0) is 37.5 Å². The SMILES string of the molecule is CC(=O)N1CCCN(Cc2ccccc2)CCN(C(=O)CCn2nc(C)nc2C)Cc2ccccc21. The smallest absolute Gasteiger partial charge is 0.224 e. The Kier molecular flexibility index (Phi) is 8.48. The maximum absolute atomic E-state index is 13.5. The zero-order chi connectivity index (χ0) is 25.5. The van der Waals surface area contributed by atoms with Crippen molar-refractivity contribution < 1.29 is 9.59 Å². The quantitative estimate of drug-likeness (QED) is 0.549. The molecule has 0 fully saturated rings. The molecule has 0 spiro atoms. The lowest BCUT2D eigenvalue weighted by molar-refractivity contribution is -0.132. The van der Waals surface area contributed by atoms with Gasteiger partial charge in [0, 0.05) is 58.3 Å². The molecule has 1 aliphatic rings. The molecule has 0 unspecified atom stereocenters. The highest BCUT2D eigenvalue weighted by Crippen LogP contribution is 2.24. The Labute approximate surface area is 213 Å². The number of amides is 2. The molecule has 3 aromatic rings. The Morgan fingerprint density at radius 2 is 1.67 bits per heavy atom. The minimum absolute atomic E-state index is 0.0196. The van der Waals surface area contributed by atoms with Crippen molar-refractivity contribution in [3.05, 3.63) is 77.4 Å². The zero-order valence-corrected chi connectivity index (χ0v) is 21.6. The highest BCUT2D eigenvalue weighted by atomic mass is 16.2. The Morgan fingerprint density at radius 1 is 0.917 bits per heavy atom. The van der Waals surface area contributed by atoms with Crippen LogP contribution in [0.15, 0.2) is 54.6 Å². The van der Waals surface area contributed by atoms with Crippen LogP contribution in [0.25, 0.3) is 0 Å². The molecule has 2 amide bonds. The van der Waals surface area contributed by atoms with Crippen LogP contribution in [0.3, 0.4) is 0 Å². The summed E-state index contributed by atoms with van der Waals surface area (Å²) in [4.78, 5) is 36.6. The predicted molar refractivity (Wildman–Crippen MR) is 140 cm³/mol. The molecular formula is C28H36N6O2. The number of carbonyl (C=O) groups excluding carboxylic acids is 2.